The lowest BCUT2D eigenvalue weighted by Crippen LogP contribution is -2.42. The fraction of sp³-hybridized carbons (Fsp3) is 0.929. The molecule has 1 aliphatic carbocycles. The third-order valence-electron chi connectivity index (χ3n) is 4.63. The summed E-state index contributed by atoms with van der Waals surface area (Å²) >= 11 is 0. The Kier molecular flexibility index (Phi) is 4.21. The first-order chi connectivity index (χ1) is 8.15. The number of aldehydes is 1. The van der Waals surface area contributed by atoms with Crippen LogP contribution in [0.4, 0.5) is 0 Å². The van der Waals surface area contributed by atoms with Gasteiger partial charge in [0.15, 0.2) is 0 Å². The molecule has 0 aromatic rings. The maximum absolute atomic E-state index is 11.3. The Hall–Kier alpha value is -0.410. The predicted octanol–water partition coefficient (Wildman–Crippen LogP) is 1.77. The van der Waals surface area contributed by atoms with Crippen molar-refractivity contribution in [3.8, 4) is 0 Å². The summed E-state index contributed by atoms with van der Waals surface area (Å²) in [7, 11) is 4.40. The van der Waals surface area contributed by atoms with Gasteiger partial charge in [0.05, 0.1) is 0 Å². The SMILES string of the molecule is CN(CC1CCCN1C)CC1(C=O)CCCC1. The van der Waals surface area contributed by atoms with Gasteiger partial charge >= 0.3 is 0 Å². The highest BCUT2D eigenvalue weighted by molar-refractivity contribution is 5.60. The molecule has 3 nitrogen and oxygen atoms in total. The van der Waals surface area contributed by atoms with E-state index in [4.69, 9.17) is 0 Å². The van der Waals surface area contributed by atoms with Crippen LogP contribution in [0.15, 0.2) is 0 Å². The van der Waals surface area contributed by atoms with Crippen molar-refractivity contribution in [1.29, 1.82) is 0 Å². The Labute approximate surface area is 105 Å². The smallest absolute Gasteiger partial charge is 0.127 e. The van der Waals surface area contributed by atoms with Crippen molar-refractivity contribution in [3.63, 3.8) is 0 Å². The molecule has 2 rings (SSSR count). The van der Waals surface area contributed by atoms with Crippen LogP contribution in [0.2, 0.25) is 0 Å². The number of likely N-dealkylation sites (N-methyl/N-ethyl adjacent to an activating group) is 2. The van der Waals surface area contributed by atoms with Crippen molar-refractivity contribution in [2.45, 2.75) is 44.6 Å². The Balaban J connectivity index is 1.83. The molecule has 2 fully saturated rings. The van der Waals surface area contributed by atoms with E-state index in [2.05, 4.69) is 23.9 Å². The first-order valence-corrected chi connectivity index (χ1v) is 7.00. The summed E-state index contributed by atoms with van der Waals surface area (Å²) < 4.78 is 0. The molecule has 98 valence electrons. The molecular formula is C14H26N2O. The average Bonchev–Trinajstić information content (AvgIpc) is 2.90. The maximum Gasteiger partial charge on any atom is 0.127 e. The second-order valence-corrected chi connectivity index (χ2v) is 6.16. The van der Waals surface area contributed by atoms with Gasteiger partial charge in [0, 0.05) is 24.5 Å². The van der Waals surface area contributed by atoms with E-state index in [0.717, 1.165) is 25.9 Å². The summed E-state index contributed by atoms with van der Waals surface area (Å²) in [6.45, 7) is 3.31. The molecule has 1 saturated heterocycles. The van der Waals surface area contributed by atoms with Gasteiger partial charge in [-0.3, -0.25) is 0 Å². The average molecular weight is 238 g/mol. The fourth-order valence-electron chi connectivity index (χ4n) is 3.56. The molecule has 0 amide bonds. The number of likely N-dealkylation sites (tertiary alicyclic amines) is 1. The molecule has 0 spiro atoms. The highest BCUT2D eigenvalue weighted by atomic mass is 16.1. The van der Waals surface area contributed by atoms with E-state index in [1.807, 2.05) is 0 Å². The zero-order valence-corrected chi connectivity index (χ0v) is 11.3. The van der Waals surface area contributed by atoms with E-state index >= 15 is 0 Å². The van der Waals surface area contributed by atoms with E-state index in [1.54, 1.807) is 0 Å². The monoisotopic (exact) mass is 238 g/mol. The molecule has 1 heterocycles. The third-order valence-corrected chi connectivity index (χ3v) is 4.63. The van der Waals surface area contributed by atoms with Crippen LogP contribution < -0.4 is 0 Å². The van der Waals surface area contributed by atoms with Gasteiger partial charge in [-0.25, -0.2) is 0 Å². The van der Waals surface area contributed by atoms with Gasteiger partial charge in [0.1, 0.15) is 6.29 Å². The molecule has 1 aliphatic heterocycles. The van der Waals surface area contributed by atoms with E-state index in [-0.39, 0.29) is 5.41 Å². The van der Waals surface area contributed by atoms with Crippen molar-refractivity contribution in [2.75, 3.05) is 33.7 Å². The second kappa shape index (κ2) is 5.49. The molecule has 1 atom stereocenters. The van der Waals surface area contributed by atoms with Crippen molar-refractivity contribution in [1.82, 2.24) is 9.80 Å². The molecule has 1 unspecified atom stereocenters. The van der Waals surface area contributed by atoms with Crippen LogP contribution in [-0.4, -0.2) is 55.9 Å². The van der Waals surface area contributed by atoms with Crippen LogP contribution >= 0.6 is 0 Å². The molecule has 0 aromatic heterocycles. The van der Waals surface area contributed by atoms with Crippen molar-refractivity contribution in [2.24, 2.45) is 5.41 Å². The Morgan fingerprint density at radius 3 is 2.59 bits per heavy atom. The van der Waals surface area contributed by atoms with Gasteiger partial charge in [-0.2, -0.15) is 0 Å². The third kappa shape index (κ3) is 3.08. The van der Waals surface area contributed by atoms with Gasteiger partial charge in [-0.1, -0.05) is 12.8 Å². The molecule has 1 saturated carbocycles. The lowest BCUT2D eigenvalue weighted by atomic mass is 9.87. The predicted molar refractivity (Wildman–Crippen MR) is 70.1 cm³/mol. The Morgan fingerprint density at radius 2 is 2.06 bits per heavy atom. The minimum atomic E-state index is -0.0219. The number of hydrogen-bond donors (Lipinski definition) is 0. The number of nitrogens with zero attached hydrogens (tertiary/aromatic N) is 2. The lowest BCUT2D eigenvalue weighted by Gasteiger charge is -2.31. The first kappa shape index (κ1) is 13.0. The minimum absolute atomic E-state index is 0.0219. The van der Waals surface area contributed by atoms with Crippen molar-refractivity contribution in [3.05, 3.63) is 0 Å². The normalized spacial score (nSPS) is 29.0. The maximum atomic E-state index is 11.3. The zero-order valence-electron chi connectivity index (χ0n) is 11.3. The molecule has 0 N–H and O–H groups in total. The van der Waals surface area contributed by atoms with Crippen LogP contribution in [0, 0.1) is 5.41 Å². The van der Waals surface area contributed by atoms with Crippen molar-refractivity contribution >= 4 is 6.29 Å². The van der Waals surface area contributed by atoms with Crippen molar-refractivity contribution < 1.29 is 4.79 Å². The largest absolute Gasteiger partial charge is 0.304 e. The van der Waals surface area contributed by atoms with Gasteiger partial charge < -0.3 is 14.6 Å². The summed E-state index contributed by atoms with van der Waals surface area (Å²) in [5.74, 6) is 0. The molecule has 3 heteroatoms. The first-order valence-electron chi connectivity index (χ1n) is 7.00. The zero-order chi connectivity index (χ0) is 12.3. The van der Waals surface area contributed by atoms with Crippen LogP contribution in [0.5, 0.6) is 0 Å². The standard InChI is InChI=1S/C14H26N2O/c1-15(10-13-6-5-9-16(13)2)11-14(12-17)7-3-4-8-14/h12-13H,3-11H2,1-2H3. The van der Waals surface area contributed by atoms with Gasteiger partial charge in [0.25, 0.3) is 0 Å². The highest BCUT2D eigenvalue weighted by Gasteiger charge is 2.35. The van der Waals surface area contributed by atoms with Crippen LogP contribution in [-0.2, 0) is 4.79 Å². The molecule has 0 radical (unpaired) electrons. The number of rotatable bonds is 5. The molecular weight excluding hydrogens is 212 g/mol. The summed E-state index contributed by atoms with van der Waals surface area (Å²) in [4.78, 5) is 16.2. The summed E-state index contributed by atoms with van der Waals surface area (Å²) in [5, 5.41) is 0. The number of carbonyl (C=O) groups is 1. The summed E-state index contributed by atoms with van der Waals surface area (Å²) in [6.07, 6.45) is 8.53. The van der Waals surface area contributed by atoms with Gasteiger partial charge in [-0.15, -0.1) is 0 Å². The Bertz CT molecular complexity index is 261. The van der Waals surface area contributed by atoms with E-state index in [1.165, 1.54) is 38.5 Å². The molecule has 2 aliphatic rings. The van der Waals surface area contributed by atoms with E-state index in [9.17, 15) is 4.79 Å². The van der Waals surface area contributed by atoms with Crippen LogP contribution in [0.1, 0.15) is 38.5 Å². The number of carbonyl (C=O) groups excluding carboxylic acids is 1. The van der Waals surface area contributed by atoms with Crippen LogP contribution in [0.25, 0.3) is 0 Å². The van der Waals surface area contributed by atoms with E-state index in [0.29, 0.717) is 6.04 Å². The fourth-order valence-corrected chi connectivity index (χ4v) is 3.56. The summed E-state index contributed by atoms with van der Waals surface area (Å²) in [6, 6.07) is 0.699. The van der Waals surface area contributed by atoms with E-state index < -0.39 is 0 Å². The van der Waals surface area contributed by atoms with Gasteiger partial charge in [-0.05, 0) is 46.3 Å². The molecule has 0 aromatic carbocycles. The van der Waals surface area contributed by atoms with Gasteiger partial charge in [0.2, 0.25) is 0 Å². The second-order valence-electron chi connectivity index (χ2n) is 6.16. The minimum Gasteiger partial charge on any atom is -0.304 e. The topological polar surface area (TPSA) is 23.6 Å². The quantitative estimate of drug-likeness (QED) is 0.682. The Morgan fingerprint density at radius 1 is 1.35 bits per heavy atom. The highest BCUT2D eigenvalue weighted by Crippen LogP contribution is 2.36. The van der Waals surface area contributed by atoms with Crippen LogP contribution in [0.3, 0.4) is 0 Å². The lowest BCUT2D eigenvalue weighted by molar-refractivity contribution is -0.116. The number of hydrogen-bond acceptors (Lipinski definition) is 3. The molecule has 17 heavy (non-hydrogen) atoms. The summed E-state index contributed by atoms with van der Waals surface area (Å²) in [5.41, 5.74) is -0.0219. The molecule has 0 bridgehead atoms.